The van der Waals surface area contributed by atoms with E-state index in [0.717, 1.165) is 24.5 Å². The highest BCUT2D eigenvalue weighted by Crippen LogP contribution is 2.37. The molecule has 0 saturated heterocycles. The number of fused-ring (bicyclic) bond motifs is 1. The molecule has 39 heavy (non-hydrogen) atoms. The number of imidazole rings is 1. The van der Waals surface area contributed by atoms with Gasteiger partial charge in [0.25, 0.3) is 11.8 Å². The number of anilines is 1. The highest BCUT2D eigenvalue weighted by Gasteiger charge is 2.29. The summed E-state index contributed by atoms with van der Waals surface area (Å²) in [5.74, 6) is -1.55. The summed E-state index contributed by atoms with van der Waals surface area (Å²) >= 11 is 0. The second kappa shape index (κ2) is 10.8. The lowest BCUT2D eigenvalue weighted by molar-refractivity contribution is 0.0965. The molecule has 0 unspecified atom stereocenters. The van der Waals surface area contributed by atoms with Gasteiger partial charge in [0.1, 0.15) is 17.5 Å². The predicted molar refractivity (Wildman–Crippen MR) is 146 cm³/mol. The van der Waals surface area contributed by atoms with E-state index in [1.807, 2.05) is 6.92 Å². The van der Waals surface area contributed by atoms with E-state index in [9.17, 15) is 14.0 Å². The summed E-state index contributed by atoms with van der Waals surface area (Å²) in [7, 11) is 0. The molecule has 4 aromatic rings. The Morgan fingerprint density at radius 3 is 2.44 bits per heavy atom. The van der Waals surface area contributed by atoms with Crippen molar-refractivity contribution in [3.63, 3.8) is 0 Å². The Hall–Kier alpha value is -4.37. The van der Waals surface area contributed by atoms with Gasteiger partial charge in [-0.1, -0.05) is 32.0 Å². The number of rotatable bonds is 8. The van der Waals surface area contributed by atoms with Crippen LogP contribution in [0.3, 0.4) is 0 Å². The summed E-state index contributed by atoms with van der Waals surface area (Å²) in [5.41, 5.74) is 4.58. The number of H-pyrrole nitrogens is 1. The van der Waals surface area contributed by atoms with Gasteiger partial charge >= 0.3 is 0 Å². The molecule has 0 saturated carbocycles. The lowest BCUT2D eigenvalue weighted by Gasteiger charge is -2.16. The normalized spacial score (nSPS) is 12.5. The van der Waals surface area contributed by atoms with E-state index in [1.54, 1.807) is 30.3 Å². The van der Waals surface area contributed by atoms with Gasteiger partial charge in [0.2, 0.25) is 0 Å². The molecule has 7 nitrogen and oxygen atoms in total. The Balaban J connectivity index is 1.47. The van der Waals surface area contributed by atoms with Crippen LogP contribution in [-0.4, -0.2) is 39.8 Å². The number of benzene rings is 3. The number of amides is 2. The van der Waals surface area contributed by atoms with Crippen molar-refractivity contribution in [3.05, 3.63) is 94.3 Å². The van der Waals surface area contributed by atoms with Gasteiger partial charge in [-0.15, -0.1) is 0 Å². The maximum Gasteiger partial charge on any atom is 0.258 e. The number of hydrogen-bond donors (Lipinski definition) is 3. The summed E-state index contributed by atoms with van der Waals surface area (Å²) < 4.78 is 29.3. The van der Waals surface area contributed by atoms with E-state index in [1.165, 1.54) is 24.3 Å². The Morgan fingerprint density at radius 1 is 1.00 bits per heavy atom. The third-order valence-electron chi connectivity index (χ3n) is 7.11. The molecule has 5 rings (SSSR count). The van der Waals surface area contributed by atoms with Gasteiger partial charge in [0, 0.05) is 35.6 Å². The smallest absolute Gasteiger partial charge is 0.258 e. The van der Waals surface area contributed by atoms with Crippen molar-refractivity contribution in [1.29, 1.82) is 0 Å². The molecule has 0 atom stereocenters. The molecule has 3 N–H and O–H groups in total. The minimum atomic E-state index is -0.672. The van der Waals surface area contributed by atoms with Crippen molar-refractivity contribution >= 4 is 17.5 Å². The van der Waals surface area contributed by atoms with Crippen molar-refractivity contribution in [3.8, 4) is 22.5 Å². The van der Waals surface area contributed by atoms with Crippen molar-refractivity contribution in [1.82, 2.24) is 20.2 Å². The summed E-state index contributed by atoms with van der Waals surface area (Å²) in [5, 5.41) is 5.39. The van der Waals surface area contributed by atoms with Crippen LogP contribution in [0.15, 0.2) is 54.6 Å². The molecule has 0 radical (unpaired) electrons. The minimum Gasteiger partial charge on any atom is -0.348 e. The summed E-state index contributed by atoms with van der Waals surface area (Å²) in [6, 6.07) is 13.4. The van der Waals surface area contributed by atoms with E-state index in [4.69, 9.17) is 4.98 Å². The topological polar surface area (TPSA) is 90.1 Å². The molecular weight excluding hydrogens is 500 g/mol. The lowest BCUT2D eigenvalue weighted by atomic mass is 9.92. The predicted octanol–water partition coefficient (Wildman–Crippen LogP) is 5.67. The SMILES string of the molecule is CCN(CC)Cc1nc(-c2ccc(-c3ccc(NC(=O)c4ccccc4F)cc3F)c3c2C(=O)NC3)[nH]c1C. The lowest BCUT2D eigenvalue weighted by Crippen LogP contribution is -2.22. The Morgan fingerprint density at radius 2 is 1.72 bits per heavy atom. The van der Waals surface area contributed by atoms with Gasteiger partial charge in [0.15, 0.2) is 0 Å². The molecule has 1 aromatic heterocycles. The van der Waals surface area contributed by atoms with E-state index in [0.29, 0.717) is 34.6 Å². The standard InChI is InChI=1S/C30H29F2N5O2/c1-4-37(5-2)16-26-17(3)34-28(36-26)22-13-12-19(23-15-33-30(39)27(22)23)20-11-10-18(14-25(20)32)35-29(38)21-8-6-7-9-24(21)31/h6-14H,4-5,15-16H2,1-3H3,(H,33,39)(H,34,36)(H,35,38). The van der Waals surface area contributed by atoms with Gasteiger partial charge in [-0.2, -0.15) is 0 Å². The van der Waals surface area contributed by atoms with Crippen molar-refractivity contribution in [2.45, 2.75) is 33.9 Å². The van der Waals surface area contributed by atoms with E-state index >= 15 is 4.39 Å². The van der Waals surface area contributed by atoms with Crippen LogP contribution < -0.4 is 10.6 Å². The maximum atomic E-state index is 15.3. The number of aromatic nitrogens is 2. The zero-order valence-corrected chi connectivity index (χ0v) is 22.0. The van der Waals surface area contributed by atoms with Gasteiger partial charge in [-0.3, -0.25) is 14.5 Å². The van der Waals surface area contributed by atoms with Crippen LogP contribution in [-0.2, 0) is 13.1 Å². The van der Waals surface area contributed by atoms with Gasteiger partial charge in [-0.25, -0.2) is 13.8 Å². The first-order valence-corrected chi connectivity index (χ1v) is 12.9. The van der Waals surface area contributed by atoms with Crippen LogP contribution in [0.2, 0.25) is 0 Å². The van der Waals surface area contributed by atoms with Crippen LogP contribution in [0, 0.1) is 18.6 Å². The fourth-order valence-electron chi connectivity index (χ4n) is 4.89. The number of hydrogen-bond acceptors (Lipinski definition) is 4. The minimum absolute atomic E-state index is 0.131. The number of carbonyl (C=O) groups excluding carboxylic acids is 2. The molecule has 9 heteroatoms. The first-order chi connectivity index (χ1) is 18.8. The quantitative estimate of drug-likeness (QED) is 0.274. The molecule has 3 aromatic carbocycles. The highest BCUT2D eigenvalue weighted by molar-refractivity contribution is 6.06. The molecule has 2 amide bonds. The first kappa shape index (κ1) is 26.2. The first-order valence-electron chi connectivity index (χ1n) is 12.9. The highest BCUT2D eigenvalue weighted by atomic mass is 19.1. The third-order valence-corrected chi connectivity index (χ3v) is 7.11. The Bertz CT molecular complexity index is 1580. The van der Waals surface area contributed by atoms with Crippen molar-refractivity contribution < 1.29 is 18.4 Å². The average molecular weight is 530 g/mol. The third kappa shape index (κ3) is 5.05. The molecule has 0 bridgehead atoms. The molecular formula is C30H29F2N5O2. The average Bonchev–Trinajstić information content (AvgIpc) is 3.49. The fraction of sp³-hybridized carbons (Fsp3) is 0.233. The van der Waals surface area contributed by atoms with Crippen LogP contribution in [0.1, 0.15) is 51.5 Å². The zero-order chi connectivity index (χ0) is 27.7. The number of nitrogens with one attached hydrogen (secondary N) is 3. The second-order valence-corrected chi connectivity index (χ2v) is 9.44. The molecule has 2 heterocycles. The van der Waals surface area contributed by atoms with E-state index in [2.05, 4.69) is 34.4 Å². The number of nitrogens with zero attached hydrogens (tertiary/aromatic N) is 2. The monoisotopic (exact) mass is 529 g/mol. The van der Waals surface area contributed by atoms with Gasteiger partial charge in [0.05, 0.1) is 16.8 Å². The number of aromatic amines is 1. The van der Waals surface area contributed by atoms with Gasteiger partial charge < -0.3 is 15.6 Å². The van der Waals surface area contributed by atoms with E-state index < -0.39 is 17.5 Å². The fourth-order valence-corrected chi connectivity index (χ4v) is 4.89. The van der Waals surface area contributed by atoms with Crippen molar-refractivity contribution in [2.24, 2.45) is 0 Å². The number of aryl methyl sites for hydroxylation is 1. The zero-order valence-electron chi connectivity index (χ0n) is 22.0. The van der Waals surface area contributed by atoms with Crippen molar-refractivity contribution in [2.75, 3.05) is 18.4 Å². The van der Waals surface area contributed by atoms with E-state index in [-0.39, 0.29) is 29.3 Å². The number of halogens is 2. The summed E-state index contributed by atoms with van der Waals surface area (Å²) in [6.07, 6.45) is 0. The summed E-state index contributed by atoms with van der Waals surface area (Å²) in [4.78, 5) is 35.7. The number of carbonyl (C=O) groups is 2. The molecule has 0 spiro atoms. The maximum absolute atomic E-state index is 15.3. The van der Waals surface area contributed by atoms with Crippen LogP contribution in [0.5, 0.6) is 0 Å². The largest absolute Gasteiger partial charge is 0.348 e. The molecule has 1 aliphatic heterocycles. The molecule has 0 fully saturated rings. The Kier molecular flexibility index (Phi) is 7.26. The van der Waals surface area contributed by atoms with Gasteiger partial charge in [-0.05, 0) is 67.5 Å². The van der Waals surface area contributed by atoms with Crippen LogP contribution in [0.4, 0.5) is 14.5 Å². The van der Waals surface area contributed by atoms with Crippen LogP contribution >= 0.6 is 0 Å². The molecule has 200 valence electrons. The second-order valence-electron chi connectivity index (χ2n) is 9.44. The summed E-state index contributed by atoms with van der Waals surface area (Å²) in [6.45, 7) is 8.94. The molecule has 0 aliphatic carbocycles. The Labute approximate surface area is 225 Å². The molecule has 1 aliphatic rings. The van der Waals surface area contributed by atoms with Crippen LogP contribution in [0.25, 0.3) is 22.5 Å².